The monoisotopic (exact) mass is 782 g/mol. The number of rotatable bonds is 6. The standard InChI is InChI=1S/C55H34N4S/c1-3-17-36(18-4-1)53-56-54(37-19-5-2-6-20-37)58-55(57-53)51-41(39-31-30-35-16-7-8-21-38(35)32-39)25-15-26-45(51)47-34-40(33-46-44-24-11-14-29-50(44)60-52(46)47)59-48-27-12-9-22-42(48)43-23-10-13-28-49(43)59/h1-34H. The Kier molecular flexibility index (Phi) is 8.00. The molecule has 0 amide bonds. The van der Waals surface area contributed by atoms with Crippen molar-refractivity contribution >= 4 is 64.1 Å². The SMILES string of the molecule is c1ccc(-c2nc(-c3ccccc3)nc(-c3c(-c4ccc5ccccc5c4)cccc3-c3cc(-n4c5ccccc5c5ccccc54)cc4c3sc3ccccc34)n2)cc1. The number of nitrogens with zero attached hydrogens (tertiary/aromatic N) is 4. The molecule has 60 heavy (non-hydrogen) atoms. The Morgan fingerprint density at radius 3 is 1.62 bits per heavy atom. The molecular formula is C55H34N4S. The Labute approximate surface area is 350 Å². The van der Waals surface area contributed by atoms with E-state index in [0.29, 0.717) is 17.5 Å². The lowest BCUT2D eigenvalue weighted by molar-refractivity contribution is 1.07. The second kappa shape index (κ2) is 14.0. The van der Waals surface area contributed by atoms with Crippen LogP contribution in [0.3, 0.4) is 0 Å². The molecule has 0 aliphatic rings. The molecule has 5 heteroatoms. The van der Waals surface area contributed by atoms with Gasteiger partial charge in [-0.3, -0.25) is 0 Å². The fourth-order valence-electron chi connectivity index (χ4n) is 8.88. The largest absolute Gasteiger partial charge is 0.309 e. The van der Waals surface area contributed by atoms with Crippen LogP contribution in [-0.2, 0) is 0 Å². The summed E-state index contributed by atoms with van der Waals surface area (Å²) in [5, 5.41) is 7.30. The summed E-state index contributed by atoms with van der Waals surface area (Å²) in [4.78, 5) is 15.9. The highest BCUT2D eigenvalue weighted by Crippen LogP contribution is 2.47. The highest BCUT2D eigenvalue weighted by atomic mass is 32.1. The van der Waals surface area contributed by atoms with Crippen molar-refractivity contribution in [3.63, 3.8) is 0 Å². The number of fused-ring (bicyclic) bond motifs is 7. The van der Waals surface area contributed by atoms with Crippen molar-refractivity contribution in [2.75, 3.05) is 0 Å². The maximum Gasteiger partial charge on any atom is 0.165 e. The van der Waals surface area contributed by atoms with Gasteiger partial charge in [-0.2, -0.15) is 0 Å². The lowest BCUT2D eigenvalue weighted by atomic mass is 9.89. The molecular weight excluding hydrogens is 749 g/mol. The Morgan fingerprint density at radius 2 is 0.917 bits per heavy atom. The molecule has 9 aromatic carbocycles. The molecule has 0 saturated heterocycles. The van der Waals surface area contributed by atoms with Crippen LogP contribution < -0.4 is 0 Å². The molecule has 0 unspecified atom stereocenters. The lowest BCUT2D eigenvalue weighted by Gasteiger charge is -2.18. The first kappa shape index (κ1) is 34.3. The lowest BCUT2D eigenvalue weighted by Crippen LogP contribution is -2.02. The van der Waals surface area contributed by atoms with Crippen molar-refractivity contribution < 1.29 is 0 Å². The van der Waals surface area contributed by atoms with E-state index in [-0.39, 0.29) is 0 Å². The summed E-state index contributed by atoms with van der Waals surface area (Å²) in [6.07, 6.45) is 0. The molecule has 0 atom stereocenters. The van der Waals surface area contributed by atoms with Gasteiger partial charge in [0, 0.05) is 58.9 Å². The number of hydrogen-bond acceptors (Lipinski definition) is 4. The number of benzene rings is 9. The van der Waals surface area contributed by atoms with E-state index in [0.717, 1.165) is 44.6 Å². The molecule has 280 valence electrons. The Morgan fingerprint density at radius 1 is 0.350 bits per heavy atom. The fraction of sp³-hybridized carbons (Fsp3) is 0. The average molecular weight is 783 g/mol. The molecule has 0 N–H and O–H groups in total. The van der Waals surface area contributed by atoms with E-state index in [4.69, 9.17) is 15.0 Å². The number of thiophene rings is 1. The first-order valence-corrected chi connectivity index (χ1v) is 21.0. The van der Waals surface area contributed by atoms with E-state index < -0.39 is 0 Å². The topological polar surface area (TPSA) is 43.6 Å². The van der Waals surface area contributed by atoms with E-state index in [1.807, 2.05) is 47.7 Å². The summed E-state index contributed by atoms with van der Waals surface area (Å²) in [5.74, 6) is 1.88. The van der Waals surface area contributed by atoms with Crippen molar-refractivity contribution in [3.8, 4) is 62.1 Å². The molecule has 0 saturated carbocycles. The number of para-hydroxylation sites is 2. The molecule has 12 rings (SSSR count). The van der Waals surface area contributed by atoms with Gasteiger partial charge in [0.25, 0.3) is 0 Å². The molecule has 0 aliphatic carbocycles. The summed E-state index contributed by atoms with van der Waals surface area (Å²) in [5.41, 5.74) is 10.6. The van der Waals surface area contributed by atoms with Crippen LogP contribution in [0.2, 0.25) is 0 Å². The zero-order valence-electron chi connectivity index (χ0n) is 32.3. The first-order chi connectivity index (χ1) is 29.7. The van der Waals surface area contributed by atoms with Crippen molar-refractivity contribution in [2.24, 2.45) is 0 Å². The normalized spacial score (nSPS) is 11.7. The summed E-state index contributed by atoms with van der Waals surface area (Å²) in [6.45, 7) is 0. The molecule has 0 aliphatic heterocycles. The van der Waals surface area contributed by atoms with Gasteiger partial charge in [0.05, 0.1) is 11.0 Å². The van der Waals surface area contributed by atoms with Gasteiger partial charge in [0.1, 0.15) is 0 Å². The fourth-order valence-corrected chi connectivity index (χ4v) is 10.1. The Bertz CT molecular complexity index is 3490. The molecule has 0 radical (unpaired) electrons. The van der Waals surface area contributed by atoms with Gasteiger partial charge in [-0.15, -0.1) is 11.3 Å². The van der Waals surface area contributed by atoms with Crippen LogP contribution in [-0.4, -0.2) is 19.5 Å². The number of hydrogen-bond donors (Lipinski definition) is 0. The van der Waals surface area contributed by atoms with E-state index in [1.54, 1.807) is 0 Å². The highest BCUT2D eigenvalue weighted by Gasteiger charge is 2.24. The minimum absolute atomic E-state index is 0.623. The molecule has 3 aromatic heterocycles. The van der Waals surface area contributed by atoms with Gasteiger partial charge < -0.3 is 4.57 Å². The van der Waals surface area contributed by atoms with E-state index >= 15 is 0 Å². The highest BCUT2D eigenvalue weighted by molar-refractivity contribution is 7.26. The van der Waals surface area contributed by atoms with Crippen LogP contribution in [0.1, 0.15) is 0 Å². The van der Waals surface area contributed by atoms with Gasteiger partial charge in [-0.25, -0.2) is 15.0 Å². The second-order valence-corrected chi connectivity index (χ2v) is 16.2. The molecule has 0 bridgehead atoms. The van der Waals surface area contributed by atoms with Gasteiger partial charge in [-0.1, -0.05) is 170 Å². The van der Waals surface area contributed by atoms with Crippen LogP contribution >= 0.6 is 11.3 Å². The predicted octanol–water partition coefficient (Wildman–Crippen LogP) is 14.8. The quantitative estimate of drug-likeness (QED) is 0.169. The van der Waals surface area contributed by atoms with Gasteiger partial charge in [0.15, 0.2) is 17.5 Å². The smallest absolute Gasteiger partial charge is 0.165 e. The summed E-state index contributed by atoms with van der Waals surface area (Å²) < 4.78 is 4.90. The second-order valence-electron chi connectivity index (χ2n) is 15.2. The zero-order chi connectivity index (χ0) is 39.6. The van der Waals surface area contributed by atoms with E-state index in [1.165, 1.54) is 52.8 Å². The first-order valence-electron chi connectivity index (χ1n) is 20.2. The molecule has 12 aromatic rings. The molecule has 4 nitrogen and oxygen atoms in total. The van der Waals surface area contributed by atoms with Crippen molar-refractivity contribution in [1.29, 1.82) is 0 Å². The zero-order valence-corrected chi connectivity index (χ0v) is 33.1. The minimum Gasteiger partial charge on any atom is -0.309 e. The molecule has 3 heterocycles. The maximum atomic E-state index is 5.39. The Hall–Kier alpha value is -7.73. The number of aromatic nitrogens is 4. The van der Waals surface area contributed by atoms with Crippen molar-refractivity contribution in [1.82, 2.24) is 19.5 Å². The third-order valence-electron chi connectivity index (χ3n) is 11.6. The third-order valence-corrected chi connectivity index (χ3v) is 12.9. The van der Waals surface area contributed by atoms with Crippen LogP contribution in [0.25, 0.3) is 115 Å². The predicted molar refractivity (Wildman–Crippen MR) is 252 cm³/mol. The molecule has 0 fully saturated rings. The average Bonchev–Trinajstić information content (AvgIpc) is 3.87. The van der Waals surface area contributed by atoms with Crippen LogP contribution in [0.5, 0.6) is 0 Å². The summed E-state index contributed by atoms with van der Waals surface area (Å²) >= 11 is 1.84. The summed E-state index contributed by atoms with van der Waals surface area (Å²) in [6, 6.07) is 73.4. The van der Waals surface area contributed by atoms with Gasteiger partial charge in [-0.05, 0) is 63.9 Å². The van der Waals surface area contributed by atoms with Crippen molar-refractivity contribution in [2.45, 2.75) is 0 Å². The van der Waals surface area contributed by atoms with Gasteiger partial charge >= 0.3 is 0 Å². The minimum atomic E-state index is 0.623. The van der Waals surface area contributed by atoms with Crippen LogP contribution in [0.4, 0.5) is 0 Å². The van der Waals surface area contributed by atoms with E-state index in [2.05, 4.69) is 174 Å². The molecule has 0 spiro atoms. The van der Waals surface area contributed by atoms with Crippen molar-refractivity contribution in [3.05, 3.63) is 206 Å². The third kappa shape index (κ3) is 5.63. The van der Waals surface area contributed by atoms with Gasteiger partial charge in [0.2, 0.25) is 0 Å². The maximum absolute atomic E-state index is 5.39. The summed E-state index contributed by atoms with van der Waals surface area (Å²) in [7, 11) is 0. The van der Waals surface area contributed by atoms with Crippen LogP contribution in [0.15, 0.2) is 206 Å². The Balaban J connectivity index is 1.21. The van der Waals surface area contributed by atoms with Crippen LogP contribution in [0, 0.1) is 0 Å². The van der Waals surface area contributed by atoms with E-state index in [9.17, 15) is 0 Å².